The molecule has 3 aromatic rings. The van der Waals surface area contributed by atoms with Gasteiger partial charge in [-0.05, 0) is 35.7 Å². The summed E-state index contributed by atoms with van der Waals surface area (Å²) in [6.07, 6.45) is 1.32. The fraction of sp³-hybridized carbons (Fsp3) is 0.333. The van der Waals surface area contributed by atoms with Crippen molar-refractivity contribution in [3.8, 4) is 11.5 Å². The van der Waals surface area contributed by atoms with Crippen LogP contribution in [-0.4, -0.2) is 56.0 Å². The van der Waals surface area contributed by atoms with Crippen molar-refractivity contribution >= 4 is 22.6 Å². The van der Waals surface area contributed by atoms with Crippen LogP contribution in [0.3, 0.4) is 0 Å². The molecule has 172 valence electrons. The third-order valence-electron chi connectivity index (χ3n) is 6.42. The Labute approximate surface area is 194 Å². The number of likely N-dealkylation sites (tertiary alicyclic amines) is 1. The summed E-state index contributed by atoms with van der Waals surface area (Å²) in [6, 6.07) is 19.4. The van der Waals surface area contributed by atoms with Crippen LogP contribution in [0.15, 0.2) is 60.7 Å². The largest absolute Gasteiger partial charge is 0.493 e. The van der Waals surface area contributed by atoms with Gasteiger partial charge in [-0.15, -0.1) is 0 Å². The first kappa shape index (κ1) is 22.6. The second kappa shape index (κ2) is 9.94. The highest BCUT2D eigenvalue weighted by Crippen LogP contribution is 2.32. The van der Waals surface area contributed by atoms with Crippen LogP contribution in [0.2, 0.25) is 0 Å². The van der Waals surface area contributed by atoms with Gasteiger partial charge in [0.2, 0.25) is 5.91 Å². The lowest BCUT2D eigenvalue weighted by molar-refractivity contribution is -0.136. The highest BCUT2D eigenvalue weighted by Gasteiger charge is 2.30. The van der Waals surface area contributed by atoms with E-state index in [1.165, 1.54) is 0 Å². The van der Waals surface area contributed by atoms with E-state index >= 15 is 0 Å². The van der Waals surface area contributed by atoms with Crippen molar-refractivity contribution in [3.63, 3.8) is 0 Å². The first-order valence-corrected chi connectivity index (χ1v) is 11.3. The normalized spacial score (nSPS) is 14.2. The molecule has 0 aliphatic carbocycles. The minimum absolute atomic E-state index is 0.0344. The maximum absolute atomic E-state index is 13.2. The number of amides is 2. The van der Waals surface area contributed by atoms with Crippen LogP contribution < -0.4 is 9.47 Å². The maximum atomic E-state index is 13.2. The lowest BCUT2D eigenvalue weighted by Crippen LogP contribution is -2.43. The fourth-order valence-corrected chi connectivity index (χ4v) is 4.64. The number of rotatable bonds is 6. The van der Waals surface area contributed by atoms with E-state index in [0.717, 1.165) is 21.9 Å². The van der Waals surface area contributed by atoms with Gasteiger partial charge in [-0.3, -0.25) is 9.59 Å². The Morgan fingerprint density at radius 2 is 1.64 bits per heavy atom. The standard InChI is InChI=1S/C27H30N2O4/c1-28(18-21-10-7-13-24(32-2)25(21)33-3)26(30)20-14-16-29(17-15-20)27(31)23-12-6-9-19-8-4-5-11-22(19)23/h4-13,20H,14-18H2,1-3H3. The number of hydrogen-bond donors (Lipinski definition) is 0. The van der Waals surface area contributed by atoms with Crippen molar-refractivity contribution in [1.29, 1.82) is 0 Å². The highest BCUT2D eigenvalue weighted by molar-refractivity contribution is 6.07. The molecule has 2 amide bonds. The van der Waals surface area contributed by atoms with Crippen LogP contribution in [0.1, 0.15) is 28.8 Å². The number of carbonyl (C=O) groups is 2. The number of benzene rings is 3. The Balaban J connectivity index is 1.39. The van der Waals surface area contributed by atoms with Crippen LogP contribution in [0.5, 0.6) is 11.5 Å². The van der Waals surface area contributed by atoms with Crippen molar-refractivity contribution < 1.29 is 19.1 Å². The molecule has 0 saturated carbocycles. The number of ether oxygens (including phenoxy) is 2. The first-order valence-electron chi connectivity index (χ1n) is 11.3. The minimum atomic E-state index is -0.0943. The summed E-state index contributed by atoms with van der Waals surface area (Å²) in [7, 11) is 5.02. The monoisotopic (exact) mass is 446 g/mol. The molecule has 1 aliphatic rings. The number of piperidine rings is 1. The molecule has 0 N–H and O–H groups in total. The topological polar surface area (TPSA) is 59.1 Å². The van der Waals surface area contributed by atoms with Gasteiger partial charge in [0.05, 0.1) is 14.2 Å². The second-order valence-corrected chi connectivity index (χ2v) is 8.44. The molecule has 0 atom stereocenters. The van der Waals surface area contributed by atoms with E-state index in [1.807, 2.05) is 72.6 Å². The highest BCUT2D eigenvalue weighted by atomic mass is 16.5. The van der Waals surface area contributed by atoms with Gasteiger partial charge in [-0.25, -0.2) is 0 Å². The van der Waals surface area contributed by atoms with Crippen LogP contribution in [0, 0.1) is 5.92 Å². The second-order valence-electron chi connectivity index (χ2n) is 8.44. The van der Waals surface area contributed by atoms with Gasteiger partial charge in [0.25, 0.3) is 5.91 Å². The molecule has 1 saturated heterocycles. The zero-order valence-electron chi connectivity index (χ0n) is 19.4. The average Bonchev–Trinajstić information content (AvgIpc) is 2.87. The molecule has 3 aromatic carbocycles. The molecule has 0 unspecified atom stereocenters. The van der Waals surface area contributed by atoms with Crippen molar-refractivity contribution in [1.82, 2.24) is 9.80 Å². The number of hydrogen-bond acceptors (Lipinski definition) is 4. The Morgan fingerprint density at radius 3 is 2.36 bits per heavy atom. The van der Waals surface area contributed by atoms with E-state index in [-0.39, 0.29) is 17.7 Å². The smallest absolute Gasteiger partial charge is 0.254 e. The summed E-state index contributed by atoms with van der Waals surface area (Å²) in [6.45, 7) is 1.60. The number of carbonyl (C=O) groups excluding carboxylic acids is 2. The molecule has 1 fully saturated rings. The molecule has 0 spiro atoms. The summed E-state index contributed by atoms with van der Waals surface area (Å²) < 4.78 is 10.9. The Bertz CT molecular complexity index is 1150. The van der Waals surface area contributed by atoms with Gasteiger partial charge >= 0.3 is 0 Å². The zero-order chi connectivity index (χ0) is 23.4. The molecule has 4 rings (SSSR count). The van der Waals surface area contributed by atoms with Crippen LogP contribution in [0.25, 0.3) is 10.8 Å². The van der Waals surface area contributed by atoms with Gasteiger partial charge in [-0.2, -0.15) is 0 Å². The molecule has 6 heteroatoms. The van der Waals surface area contributed by atoms with E-state index in [2.05, 4.69) is 0 Å². The SMILES string of the molecule is COc1cccc(CN(C)C(=O)C2CCN(C(=O)c3cccc4ccccc34)CC2)c1OC. The van der Waals surface area contributed by atoms with Crippen molar-refractivity contribution in [2.45, 2.75) is 19.4 Å². The molecule has 0 bridgehead atoms. The lowest BCUT2D eigenvalue weighted by Gasteiger charge is -2.33. The average molecular weight is 447 g/mol. The summed E-state index contributed by atoms with van der Waals surface area (Å²) in [5, 5.41) is 2.03. The fourth-order valence-electron chi connectivity index (χ4n) is 4.64. The van der Waals surface area contributed by atoms with E-state index in [4.69, 9.17) is 9.47 Å². The van der Waals surface area contributed by atoms with Gasteiger partial charge < -0.3 is 19.3 Å². The van der Waals surface area contributed by atoms with Crippen molar-refractivity contribution in [2.24, 2.45) is 5.92 Å². The molecule has 33 heavy (non-hydrogen) atoms. The van der Waals surface area contributed by atoms with E-state index in [1.54, 1.807) is 19.1 Å². The Morgan fingerprint density at radius 1 is 0.939 bits per heavy atom. The summed E-state index contributed by atoms with van der Waals surface area (Å²) >= 11 is 0. The van der Waals surface area contributed by atoms with E-state index in [0.29, 0.717) is 44.0 Å². The van der Waals surface area contributed by atoms with Crippen LogP contribution in [0.4, 0.5) is 0 Å². The zero-order valence-corrected chi connectivity index (χ0v) is 19.4. The number of methoxy groups -OCH3 is 2. The van der Waals surface area contributed by atoms with Crippen molar-refractivity contribution in [2.75, 3.05) is 34.4 Å². The molecule has 6 nitrogen and oxygen atoms in total. The van der Waals surface area contributed by atoms with E-state index in [9.17, 15) is 9.59 Å². The summed E-state index contributed by atoms with van der Waals surface area (Å²) in [5.74, 6) is 1.33. The molecule has 1 aliphatic heterocycles. The predicted molar refractivity (Wildman–Crippen MR) is 129 cm³/mol. The quantitative estimate of drug-likeness (QED) is 0.564. The Kier molecular flexibility index (Phi) is 6.82. The Hall–Kier alpha value is -3.54. The molecule has 0 radical (unpaired) electrons. The number of para-hydroxylation sites is 1. The lowest BCUT2D eigenvalue weighted by atomic mass is 9.94. The minimum Gasteiger partial charge on any atom is -0.493 e. The first-order chi connectivity index (χ1) is 16.0. The number of fused-ring (bicyclic) bond motifs is 1. The number of nitrogens with zero attached hydrogens (tertiary/aromatic N) is 2. The molecular weight excluding hydrogens is 416 g/mol. The molecular formula is C27H30N2O4. The third-order valence-corrected chi connectivity index (χ3v) is 6.42. The predicted octanol–water partition coefficient (Wildman–Crippen LogP) is 4.37. The van der Waals surface area contributed by atoms with Gasteiger partial charge in [-0.1, -0.05) is 48.5 Å². The van der Waals surface area contributed by atoms with E-state index < -0.39 is 0 Å². The van der Waals surface area contributed by atoms with Gasteiger partial charge in [0.15, 0.2) is 11.5 Å². The van der Waals surface area contributed by atoms with Gasteiger partial charge in [0.1, 0.15) is 0 Å². The van der Waals surface area contributed by atoms with Crippen LogP contribution in [-0.2, 0) is 11.3 Å². The van der Waals surface area contributed by atoms with Gasteiger partial charge in [0, 0.05) is 43.7 Å². The molecule has 0 aromatic heterocycles. The summed E-state index contributed by atoms with van der Waals surface area (Å²) in [5.41, 5.74) is 1.62. The maximum Gasteiger partial charge on any atom is 0.254 e. The third kappa shape index (κ3) is 4.65. The molecule has 1 heterocycles. The van der Waals surface area contributed by atoms with Crippen molar-refractivity contribution in [3.05, 3.63) is 71.8 Å². The summed E-state index contributed by atoms with van der Waals surface area (Å²) in [4.78, 5) is 29.9. The van der Waals surface area contributed by atoms with Crippen LogP contribution >= 0.6 is 0 Å².